The van der Waals surface area contributed by atoms with Crippen molar-refractivity contribution in [1.82, 2.24) is 4.98 Å². The smallest absolute Gasteiger partial charge is 0.140 e. The van der Waals surface area contributed by atoms with Crippen molar-refractivity contribution in [3.05, 3.63) is 21.8 Å². The minimum atomic E-state index is 0.327. The number of fused-ring (bicyclic) bond motifs is 2. The van der Waals surface area contributed by atoms with E-state index in [2.05, 4.69) is 47.0 Å². The van der Waals surface area contributed by atoms with Gasteiger partial charge in [0.1, 0.15) is 5.82 Å². The molecular weight excluding hydrogens is 324 g/mol. The Morgan fingerprint density at radius 1 is 1.42 bits per heavy atom. The molecule has 2 aliphatic carbocycles. The Kier molecular flexibility index (Phi) is 3.14. The summed E-state index contributed by atoms with van der Waals surface area (Å²) < 4.78 is 0.946. The second kappa shape index (κ2) is 4.36. The summed E-state index contributed by atoms with van der Waals surface area (Å²) in [5.41, 5.74) is 0.725. The maximum absolute atomic E-state index is 5.96. The van der Waals surface area contributed by atoms with Gasteiger partial charge in [0.2, 0.25) is 0 Å². The van der Waals surface area contributed by atoms with Crippen molar-refractivity contribution in [2.24, 2.45) is 16.7 Å². The monoisotopic (exact) mass is 342 g/mol. The average Bonchev–Trinajstić information content (AvgIpc) is 2.78. The molecule has 1 heterocycles. The second-order valence-corrected chi connectivity index (χ2v) is 8.27. The van der Waals surface area contributed by atoms with Gasteiger partial charge in [-0.2, -0.15) is 0 Å². The summed E-state index contributed by atoms with van der Waals surface area (Å²) in [7, 11) is 0. The zero-order valence-corrected chi connectivity index (χ0v) is 14.0. The Balaban J connectivity index is 1.90. The van der Waals surface area contributed by atoms with Crippen molar-refractivity contribution in [1.29, 1.82) is 0 Å². The zero-order valence-electron chi connectivity index (χ0n) is 11.6. The van der Waals surface area contributed by atoms with Gasteiger partial charge in [0.05, 0.1) is 9.50 Å². The number of hydrogen-bond donors (Lipinski definition) is 1. The molecule has 2 nitrogen and oxygen atoms in total. The van der Waals surface area contributed by atoms with E-state index in [0.29, 0.717) is 21.9 Å². The third-order valence-electron chi connectivity index (χ3n) is 5.36. The molecule has 0 spiro atoms. The van der Waals surface area contributed by atoms with Crippen molar-refractivity contribution < 1.29 is 0 Å². The highest BCUT2D eigenvalue weighted by Crippen LogP contribution is 2.63. The van der Waals surface area contributed by atoms with Crippen LogP contribution in [-0.4, -0.2) is 11.0 Å². The topological polar surface area (TPSA) is 24.9 Å². The fourth-order valence-electron chi connectivity index (χ4n) is 4.32. The van der Waals surface area contributed by atoms with Crippen molar-refractivity contribution in [2.45, 2.75) is 46.1 Å². The van der Waals surface area contributed by atoms with Crippen molar-refractivity contribution in [3.8, 4) is 0 Å². The molecule has 3 unspecified atom stereocenters. The van der Waals surface area contributed by atoms with Crippen LogP contribution >= 0.6 is 27.5 Å². The van der Waals surface area contributed by atoms with Gasteiger partial charge in [0.15, 0.2) is 0 Å². The van der Waals surface area contributed by atoms with Crippen LogP contribution in [0, 0.1) is 16.7 Å². The molecule has 1 N–H and O–H groups in total. The predicted octanol–water partition coefficient (Wildman–Crippen LogP) is 5.12. The van der Waals surface area contributed by atoms with Gasteiger partial charge in [0.25, 0.3) is 0 Å². The quantitative estimate of drug-likeness (QED) is 0.805. The number of halogens is 2. The van der Waals surface area contributed by atoms with Crippen molar-refractivity contribution >= 4 is 33.3 Å². The standard InChI is InChI=1S/C15H20BrClN2/c1-14(2)9-4-5-15(3,7-9)13(14)19-12-11(16)6-10(17)8-18-12/h6,8-9,13H,4-5,7H2,1-3H3,(H,18,19). The van der Waals surface area contributed by atoms with Crippen molar-refractivity contribution in [3.63, 3.8) is 0 Å². The van der Waals surface area contributed by atoms with Gasteiger partial charge >= 0.3 is 0 Å². The largest absolute Gasteiger partial charge is 0.365 e. The highest BCUT2D eigenvalue weighted by atomic mass is 79.9. The highest BCUT2D eigenvalue weighted by Gasteiger charge is 2.59. The van der Waals surface area contributed by atoms with E-state index in [1.807, 2.05) is 6.07 Å². The van der Waals surface area contributed by atoms with E-state index in [1.165, 1.54) is 19.3 Å². The molecule has 1 aromatic heterocycles. The van der Waals surface area contributed by atoms with Crippen LogP contribution in [0.25, 0.3) is 0 Å². The van der Waals surface area contributed by atoms with Crippen LogP contribution in [0.3, 0.4) is 0 Å². The lowest BCUT2D eigenvalue weighted by atomic mass is 9.68. The number of hydrogen-bond acceptors (Lipinski definition) is 2. The third kappa shape index (κ3) is 2.09. The second-order valence-electron chi connectivity index (χ2n) is 6.98. The van der Waals surface area contributed by atoms with E-state index in [0.717, 1.165) is 16.2 Å². The Bertz CT molecular complexity index is 512. The maximum Gasteiger partial charge on any atom is 0.140 e. The van der Waals surface area contributed by atoms with Crippen LogP contribution in [0.2, 0.25) is 5.02 Å². The van der Waals surface area contributed by atoms with E-state index < -0.39 is 0 Å². The summed E-state index contributed by atoms with van der Waals surface area (Å²) >= 11 is 9.51. The molecule has 19 heavy (non-hydrogen) atoms. The molecule has 104 valence electrons. The van der Waals surface area contributed by atoms with Gasteiger partial charge in [-0.3, -0.25) is 0 Å². The van der Waals surface area contributed by atoms with E-state index in [1.54, 1.807) is 6.20 Å². The fraction of sp³-hybridized carbons (Fsp3) is 0.667. The molecule has 0 saturated heterocycles. The summed E-state index contributed by atoms with van der Waals surface area (Å²) in [5, 5.41) is 4.34. The first kappa shape index (κ1) is 13.7. The lowest BCUT2D eigenvalue weighted by Crippen LogP contribution is -2.46. The highest BCUT2D eigenvalue weighted by molar-refractivity contribution is 9.10. The van der Waals surface area contributed by atoms with E-state index >= 15 is 0 Å². The summed E-state index contributed by atoms with van der Waals surface area (Å²) in [6, 6.07) is 2.38. The molecule has 2 bridgehead atoms. The molecule has 0 aliphatic heterocycles. The fourth-order valence-corrected chi connectivity index (χ4v) is 5.07. The van der Waals surface area contributed by atoms with Crippen LogP contribution in [0.1, 0.15) is 40.0 Å². The van der Waals surface area contributed by atoms with E-state index in [4.69, 9.17) is 11.6 Å². The molecule has 1 aromatic rings. The number of anilines is 1. The number of nitrogens with zero attached hydrogens (tertiary/aromatic N) is 1. The molecule has 0 radical (unpaired) electrons. The normalized spacial score (nSPS) is 35.6. The Hall–Kier alpha value is -0.280. The van der Waals surface area contributed by atoms with Crippen LogP contribution < -0.4 is 5.32 Å². The number of nitrogens with one attached hydrogen (secondary N) is 1. The van der Waals surface area contributed by atoms with Crippen LogP contribution in [0.4, 0.5) is 5.82 Å². The molecule has 3 atom stereocenters. The number of aromatic nitrogens is 1. The molecule has 0 amide bonds. The zero-order chi connectivity index (χ0) is 13.8. The van der Waals surface area contributed by atoms with Crippen LogP contribution in [0.15, 0.2) is 16.7 Å². The van der Waals surface area contributed by atoms with Gasteiger partial charge in [-0.25, -0.2) is 4.98 Å². The first-order chi connectivity index (χ1) is 8.83. The SMILES string of the molecule is CC12CCC(C1)C(C)(C)C2Nc1ncc(Cl)cc1Br. The summed E-state index contributed by atoms with van der Waals surface area (Å²) in [6.45, 7) is 7.20. The van der Waals surface area contributed by atoms with Gasteiger partial charge in [-0.15, -0.1) is 0 Å². The summed E-state index contributed by atoms with van der Waals surface area (Å²) in [4.78, 5) is 4.43. The maximum atomic E-state index is 5.96. The van der Waals surface area contributed by atoms with E-state index in [9.17, 15) is 0 Å². The first-order valence-electron chi connectivity index (χ1n) is 6.90. The van der Waals surface area contributed by atoms with Crippen molar-refractivity contribution in [2.75, 3.05) is 5.32 Å². The minimum Gasteiger partial charge on any atom is -0.365 e. The molecular formula is C15H20BrClN2. The summed E-state index contributed by atoms with van der Waals surface area (Å²) in [6.07, 6.45) is 5.74. The molecule has 3 rings (SSSR count). The predicted molar refractivity (Wildman–Crippen MR) is 83.6 cm³/mol. The van der Waals surface area contributed by atoms with Gasteiger partial charge in [-0.05, 0) is 58.0 Å². The average molecular weight is 344 g/mol. The number of pyridine rings is 1. The van der Waals surface area contributed by atoms with Crippen LogP contribution in [0.5, 0.6) is 0 Å². The van der Waals surface area contributed by atoms with E-state index in [-0.39, 0.29) is 0 Å². The molecule has 2 fully saturated rings. The first-order valence-corrected chi connectivity index (χ1v) is 8.08. The van der Waals surface area contributed by atoms with Gasteiger partial charge < -0.3 is 5.32 Å². The molecule has 0 aromatic carbocycles. The molecule has 2 aliphatic rings. The van der Waals surface area contributed by atoms with Gasteiger partial charge in [0, 0.05) is 12.2 Å². The Morgan fingerprint density at radius 2 is 2.16 bits per heavy atom. The van der Waals surface area contributed by atoms with Gasteiger partial charge in [-0.1, -0.05) is 32.4 Å². The molecule has 2 saturated carbocycles. The molecule has 4 heteroatoms. The third-order valence-corrected chi connectivity index (χ3v) is 6.17. The minimum absolute atomic E-state index is 0.327. The lowest BCUT2D eigenvalue weighted by molar-refractivity contribution is 0.155. The lowest BCUT2D eigenvalue weighted by Gasteiger charge is -2.43. The Morgan fingerprint density at radius 3 is 2.74 bits per heavy atom. The summed E-state index contributed by atoms with van der Waals surface area (Å²) in [5.74, 6) is 1.75. The Labute approximate surface area is 128 Å². The number of rotatable bonds is 2. The van der Waals surface area contributed by atoms with Crippen LogP contribution in [-0.2, 0) is 0 Å².